The van der Waals surface area contributed by atoms with Crippen molar-refractivity contribution < 1.29 is 4.79 Å². The molecular formula is C20H30O. The van der Waals surface area contributed by atoms with Crippen LogP contribution in [-0.4, -0.2) is 5.78 Å². The standard InChI is InChI=1S/C20H30O/c1-13(2)15-9-11-20(5)17(21)12-19(4)10-8-14(3)6-7-16(19)18(15)20/h8-9,13,16,18H,6-7,10-12H2,1-5H3/t16-,18?,19?,20?/m1/s1. The predicted octanol–water partition coefficient (Wildman–Crippen LogP) is 5.32. The van der Waals surface area contributed by atoms with Crippen LogP contribution in [0.15, 0.2) is 23.3 Å². The Hall–Kier alpha value is -0.850. The van der Waals surface area contributed by atoms with Gasteiger partial charge in [0.05, 0.1) is 0 Å². The maximum atomic E-state index is 13.0. The molecule has 0 aromatic rings. The first-order valence-corrected chi connectivity index (χ1v) is 8.67. The summed E-state index contributed by atoms with van der Waals surface area (Å²) in [5, 5.41) is 0. The SMILES string of the molecule is CC1=CCC2(C)CC(=O)C3(C)CC=C(C(C)C)C3[C@H]2CC1. The number of ketones is 1. The lowest BCUT2D eigenvalue weighted by Crippen LogP contribution is -2.51. The molecule has 0 radical (unpaired) electrons. The quantitative estimate of drug-likeness (QED) is 0.596. The second-order valence-corrected chi connectivity index (χ2v) is 8.61. The van der Waals surface area contributed by atoms with Crippen molar-refractivity contribution in [1.82, 2.24) is 0 Å². The highest BCUT2D eigenvalue weighted by atomic mass is 16.1. The molecule has 116 valence electrons. The van der Waals surface area contributed by atoms with Crippen molar-refractivity contribution in [2.24, 2.45) is 28.6 Å². The molecule has 0 N–H and O–H groups in total. The van der Waals surface area contributed by atoms with E-state index in [0.717, 1.165) is 19.3 Å². The van der Waals surface area contributed by atoms with Gasteiger partial charge < -0.3 is 0 Å². The molecule has 0 spiro atoms. The van der Waals surface area contributed by atoms with Crippen LogP contribution in [0, 0.1) is 28.6 Å². The Bertz CT molecular complexity index is 524. The van der Waals surface area contributed by atoms with Crippen LogP contribution in [0.1, 0.15) is 66.7 Å². The summed E-state index contributed by atoms with van der Waals surface area (Å²) in [5.41, 5.74) is 3.16. The van der Waals surface area contributed by atoms with Gasteiger partial charge in [0, 0.05) is 11.8 Å². The Morgan fingerprint density at radius 2 is 1.90 bits per heavy atom. The molecule has 1 nitrogen and oxygen atoms in total. The fourth-order valence-electron chi connectivity index (χ4n) is 5.24. The minimum atomic E-state index is -0.109. The van der Waals surface area contributed by atoms with E-state index in [4.69, 9.17) is 0 Å². The van der Waals surface area contributed by atoms with Crippen LogP contribution in [0.5, 0.6) is 0 Å². The molecule has 0 bridgehead atoms. The maximum Gasteiger partial charge on any atom is 0.140 e. The first kappa shape index (κ1) is 15.1. The average Bonchev–Trinajstić information content (AvgIpc) is 2.69. The summed E-state index contributed by atoms with van der Waals surface area (Å²) in [4.78, 5) is 13.0. The summed E-state index contributed by atoms with van der Waals surface area (Å²) in [6.45, 7) is 11.5. The number of hydrogen-bond donors (Lipinski definition) is 0. The van der Waals surface area contributed by atoms with Gasteiger partial charge in [0.25, 0.3) is 0 Å². The van der Waals surface area contributed by atoms with Crippen LogP contribution in [-0.2, 0) is 4.79 Å². The summed E-state index contributed by atoms with van der Waals surface area (Å²) in [6, 6.07) is 0. The molecule has 1 fully saturated rings. The first-order valence-electron chi connectivity index (χ1n) is 8.67. The normalized spacial score (nSPS) is 43.0. The van der Waals surface area contributed by atoms with E-state index in [2.05, 4.69) is 46.8 Å². The van der Waals surface area contributed by atoms with Gasteiger partial charge in [-0.05, 0) is 55.8 Å². The van der Waals surface area contributed by atoms with E-state index in [1.807, 2.05) is 0 Å². The molecule has 21 heavy (non-hydrogen) atoms. The number of hydrogen-bond acceptors (Lipinski definition) is 1. The number of rotatable bonds is 1. The van der Waals surface area contributed by atoms with Crippen LogP contribution in [0.2, 0.25) is 0 Å². The molecule has 3 rings (SSSR count). The van der Waals surface area contributed by atoms with Gasteiger partial charge in [-0.15, -0.1) is 0 Å². The Morgan fingerprint density at radius 3 is 2.57 bits per heavy atom. The van der Waals surface area contributed by atoms with Gasteiger partial charge in [-0.25, -0.2) is 0 Å². The zero-order chi connectivity index (χ0) is 15.4. The fraction of sp³-hybridized carbons (Fsp3) is 0.750. The van der Waals surface area contributed by atoms with Gasteiger partial charge in [-0.1, -0.05) is 51.0 Å². The van der Waals surface area contributed by atoms with Crippen LogP contribution in [0.4, 0.5) is 0 Å². The lowest BCUT2D eigenvalue weighted by atomic mass is 9.50. The molecule has 1 saturated carbocycles. The van der Waals surface area contributed by atoms with Crippen LogP contribution >= 0.6 is 0 Å². The van der Waals surface area contributed by atoms with E-state index in [0.29, 0.717) is 23.5 Å². The van der Waals surface area contributed by atoms with E-state index in [1.165, 1.54) is 18.4 Å². The Kier molecular flexibility index (Phi) is 3.46. The maximum absolute atomic E-state index is 13.0. The molecule has 1 heteroatoms. The van der Waals surface area contributed by atoms with Crippen molar-refractivity contribution in [3.8, 4) is 0 Å². The number of carbonyl (C=O) groups excluding carboxylic acids is 1. The minimum Gasteiger partial charge on any atom is -0.299 e. The molecular weight excluding hydrogens is 256 g/mol. The molecule has 0 heterocycles. The van der Waals surface area contributed by atoms with Crippen LogP contribution in [0.3, 0.4) is 0 Å². The smallest absolute Gasteiger partial charge is 0.140 e. The van der Waals surface area contributed by atoms with E-state index in [-0.39, 0.29) is 10.8 Å². The second kappa shape index (κ2) is 4.83. The Morgan fingerprint density at radius 1 is 1.19 bits per heavy atom. The van der Waals surface area contributed by atoms with Gasteiger partial charge in [-0.2, -0.15) is 0 Å². The van der Waals surface area contributed by atoms with Crippen molar-refractivity contribution in [3.63, 3.8) is 0 Å². The van der Waals surface area contributed by atoms with Gasteiger partial charge in [0.2, 0.25) is 0 Å². The summed E-state index contributed by atoms with van der Waals surface area (Å²) < 4.78 is 0. The lowest BCUT2D eigenvalue weighted by Gasteiger charge is -2.52. The summed E-state index contributed by atoms with van der Waals surface area (Å²) in [7, 11) is 0. The Labute approximate surface area is 129 Å². The molecule has 3 aliphatic rings. The highest BCUT2D eigenvalue weighted by molar-refractivity contribution is 5.88. The molecule has 3 aliphatic carbocycles. The summed E-state index contributed by atoms with van der Waals surface area (Å²) >= 11 is 0. The van der Waals surface area contributed by atoms with Crippen molar-refractivity contribution in [1.29, 1.82) is 0 Å². The number of fused-ring (bicyclic) bond motifs is 3. The molecule has 0 saturated heterocycles. The minimum absolute atomic E-state index is 0.109. The van der Waals surface area contributed by atoms with E-state index >= 15 is 0 Å². The van der Waals surface area contributed by atoms with Crippen LogP contribution in [0.25, 0.3) is 0 Å². The van der Waals surface area contributed by atoms with E-state index in [9.17, 15) is 4.79 Å². The number of carbonyl (C=O) groups is 1. The van der Waals surface area contributed by atoms with E-state index < -0.39 is 0 Å². The third-order valence-corrected chi connectivity index (χ3v) is 6.74. The van der Waals surface area contributed by atoms with Gasteiger partial charge in [0.1, 0.15) is 5.78 Å². The van der Waals surface area contributed by atoms with Crippen molar-refractivity contribution in [2.45, 2.75) is 66.7 Å². The molecule has 4 atom stereocenters. The fourth-order valence-corrected chi connectivity index (χ4v) is 5.24. The molecule has 3 unspecified atom stereocenters. The average molecular weight is 286 g/mol. The number of allylic oxidation sites excluding steroid dienone is 4. The van der Waals surface area contributed by atoms with Crippen molar-refractivity contribution in [3.05, 3.63) is 23.3 Å². The Balaban J connectivity index is 2.05. The highest BCUT2D eigenvalue weighted by Gasteiger charge is 2.58. The third-order valence-electron chi connectivity index (χ3n) is 6.74. The first-order chi connectivity index (χ1) is 9.78. The predicted molar refractivity (Wildman–Crippen MR) is 88.0 cm³/mol. The molecule has 0 aromatic carbocycles. The summed E-state index contributed by atoms with van der Waals surface area (Å²) in [5.74, 6) is 2.25. The van der Waals surface area contributed by atoms with Crippen molar-refractivity contribution in [2.75, 3.05) is 0 Å². The third kappa shape index (κ3) is 2.15. The largest absolute Gasteiger partial charge is 0.299 e. The van der Waals surface area contributed by atoms with Crippen molar-refractivity contribution >= 4 is 5.78 Å². The zero-order valence-corrected chi connectivity index (χ0v) is 14.3. The number of Topliss-reactive ketones (excluding diaryl/α,β-unsaturated/α-hetero) is 1. The monoisotopic (exact) mass is 286 g/mol. The lowest BCUT2D eigenvalue weighted by molar-refractivity contribution is -0.142. The second-order valence-electron chi connectivity index (χ2n) is 8.61. The van der Waals surface area contributed by atoms with Crippen LogP contribution < -0.4 is 0 Å². The van der Waals surface area contributed by atoms with E-state index in [1.54, 1.807) is 5.57 Å². The summed E-state index contributed by atoms with van der Waals surface area (Å²) in [6.07, 6.45) is 10.1. The van der Waals surface area contributed by atoms with Gasteiger partial charge in [-0.3, -0.25) is 4.79 Å². The molecule has 0 aliphatic heterocycles. The molecule has 0 aromatic heterocycles. The highest BCUT2D eigenvalue weighted by Crippen LogP contribution is 2.62. The molecule has 0 amide bonds. The topological polar surface area (TPSA) is 17.1 Å². The zero-order valence-electron chi connectivity index (χ0n) is 14.3. The van der Waals surface area contributed by atoms with Gasteiger partial charge in [0.15, 0.2) is 0 Å². The van der Waals surface area contributed by atoms with Gasteiger partial charge >= 0.3 is 0 Å².